The lowest BCUT2D eigenvalue weighted by molar-refractivity contribution is -0.137. The Kier molecular flexibility index (Phi) is 4.76. The molecule has 0 aliphatic rings. The van der Waals surface area contributed by atoms with E-state index in [2.05, 4.69) is 0 Å². The molecular weight excluding hydrogens is 229 g/mol. The third kappa shape index (κ3) is 3.83. The van der Waals surface area contributed by atoms with Gasteiger partial charge in [0.2, 0.25) is 0 Å². The van der Waals surface area contributed by atoms with E-state index in [4.69, 9.17) is 10.8 Å². The molecule has 5 heteroatoms. The van der Waals surface area contributed by atoms with Gasteiger partial charge in [-0.1, -0.05) is 6.07 Å². The number of carbonyl (C=O) groups is 1. The molecule has 88 valence electrons. The van der Waals surface area contributed by atoms with Crippen molar-refractivity contribution in [1.82, 2.24) is 0 Å². The predicted molar refractivity (Wildman–Crippen MR) is 62.9 cm³/mol. The average molecular weight is 243 g/mol. The van der Waals surface area contributed by atoms with Crippen molar-refractivity contribution < 1.29 is 14.3 Å². The first-order valence-electron chi connectivity index (χ1n) is 4.82. The van der Waals surface area contributed by atoms with Gasteiger partial charge in [0.05, 0.1) is 0 Å². The monoisotopic (exact) mass is 243 g/mol. The van der Waals surface area contributed by atoms with Crippen molar-refractivity contribution in [3.63, 3.8) is 0 Å². The lowest BCUT2D eigenvalue weighted by Gasteiger charge is -2.08. The summed E-state index contributed by atoms with van der Waals surface area (Å²) in [5.41, 5.74) is 7.24. The molecule has 1 rings (SSSR count). The fraction of sp³-hybridized carbons (Fsp3) is 0.364. The molecule has 0 spiro atoms. The van der Waals surface area contributed by atoms with Gasteiger partial charge in [-0.2, -0.15) is 11.8 Å². The van der Waals surface area contributed by atoms with Crippen LogP contribution in [0.2, 0.25) is 0 Å². The zero-order valence-corrected chi connectivity index (χ0v) is 9.76. The second-order valence-corrected chi connectivity index (χ2v) is 4.56. The largest absolute Gasteiger partial charge is 0.480 e. The molecule has 0 radical (unpaired) electrons. The standard InChI is InChI=1S/C11H14FNO2S/c1-7-4-9(12)3-2-8(7)5-16-6-10(13)11(14)15/h2-4,10H,5-6,13H2,1H3,(H,14,15)/t10-/m0/s1. The van der Waals surface area contributed by atoms with Crippen LogP contribution in [-0.4, -0.2) is 22.9 Å². The Labute approximate surface area is 97.8 Å². The van der Waals surface area contributed by atoms with Gasteiger partial charge in [-0.25, -0.2) is 4.39 Å². The Balaban J connectivity index is 2.46. The van der Waals surface area contributed by atoms with Crippen molar-refractivity contribution >= 4 is 17.7 Å². The summed E-state index contributed by atoms with van der Waals surface area (Å²) in [6.07, 6.45) is 0. The Morgan fingerprint density at radius 3 is 2.88 bits per heavy atom. The molecular formula is C11H14FNO2S. The minimum Gasteiger partial charge on any atom is -0.480 e. The van der Waals surface area contributed by atoms with Gasteiger partial charge in [0.15, 0.2) is 0 Å². The topological polar surface area (TPSA) is 63.3 Å². The van der Waals surface area contributed by atoms with Crippen LogP contribution >= 0.6 is 11.8 Å². The van der Waals surface area contributed by atoms with Gasteiger partial charge in [-0.3, -0.25) is 4.79 Å². The number of nitrogens with two attached hydrogens (primary N) is 1. The molecule has 16 heavy (non-hydrogen) atoms. The highest BCUT2D eigenvalue weighted by Crippen LogP contribution is 2.17. The second kappa shape index (κ2) is 5.86. The van der Waals surface area contributed by atoms with Gasteiger partial charge in [-0.05, 0) is 30.2 Å². The highest BCUT2D eigenvalue weighted by Gasteiger charge is 2.11. The van der Waals surface area contributed by atoms with Crippen molar-refractivity contribution in [3.05, 3.63) is 35.1 Å². The first-order valence-corrected chi connectivity index (χ1v) is 5.97. The highest BCUT2D eigenvalue weighted by atomic mass is 32.2. The lowest BCUT2D eigenvalue weighted by atomic mass is 10.1. The normalized spacial score (nSPS) is 12.4. The van der Waals surface area contributed by atoms with Gasteiger partial charge in [0.25, 0.3) is 0 Å². The molecule has 3 nitrogen and oxygen atoms in total. The molecule has 0 amide bonds. The van der Waals surface area contributed by atoms with Crippen molar-refractivity contribution in [3.8, 4) is 0 Å². The minimum absolute atomic E-state index is 0.256. The van der Waals surface area contributed by atoms with E-state index in [1.165, 1.54) is 23.9 Å². The van der Waals surface area contributed by atoms with E-state index in [1.807, 2.05) is 6.92 Å². The van der Waals surface area contributed by atoms with Crippen molar-refractivity contribution in [2.24, 2.45) is 5.73 Å². The van der Waals surface area contributed by atoms with E-state index < -0.39 is 12.0 Å². The number of halogens is 1. The van der Waals surface area contributed by atoms with E-state index in [9.17, 15) is 9.18 Å². The molecule has 0 saturated carbocycles. The molecule has 0 aliphatic heterocycles. The number of hydrogen-bond donors (Lipinski definition) is 2. The average Bonchev–Trinajstić information content (AvgIpc) is 2.20. The van der Waals surface area contributed by atoms with E-state index in [1.54, 1.807) is 6.07 Å². The van der Waals surface area contributed by atoms with E-state index >= 15 is 0 Å². The van der Waals surface area contributed by atoms with Gasteiger partial charge in [0.1, 0.15) is 11.9 Å². The number of aliphatic carboxylic acids is 1. The van der Waals surface area contributed by atoms with Crippen LogP contribution in [0, 0.1) is 12.7 Å². The van der Waals surface area contributed by atoms with Crippen molar-refractivity contribution in [1.29, 1.82) is 0 Å². The fourth-order valence-corrected chi connectivity index (χ4v) is 2.25. The number of rotatable bonds is 5. The summed E-state index contributed by atoms with van der Waals surface area (Å²) in [5.74, 6) is -0.254. The molecule has 0 unspecified atom stereocenters. The smallest absolute Gasteiger partial charge is 0.321 e. The number of hydrogen-bond acceptors (Lipinski definition) is 3. The van der Waals surface area contributed by atoms with Gasteiger partial charge >= 0.3 is 5.97 Å². The minimum atomic E-state index is -0.997. The summed E-state index contributed by atoms with van der Waals surface area (Å²) in [4.78, 5) is 10.5. The Hall–Kier alpha value is -1.07. The first-order chi connectivity index (χ1) is 7.50. The Morgan fingerprint density at radius 1 is 1.62 bits per heavy atom. The van der Waals surface area contributed by atoms with Crippen molar-refractivity contribution in [2.45, 2.75) is 18.7 Å². The Bertz CT molecular complexity index is 384. The van der Waals surface area contributed by atoms with Crippen LogP contribution in [-0.2, 0) is 10.5 Å². The summed E-state index contributed by atoms with van der Waals surface area (Å²) in [5, 5.41) is 8.58. The second-order valence-electron chi connectivity index (χ2n) is 3.53. The molecule has 0 bridgehead atoms. The number of carboxylic acids is 1. The number of aryl methyl sites for hydroxylation is 1. The van der Waals surface area contributed by atoms with Gasteiger partial charge < -0.3 is 10.8 Å². The van der Waals surface area contributed by atoms with Gasteiger partial charge in [0, 0.05) is 11.5 Å². The third-order valence-corrected chi connectivity index (χ3v) is 3.29. The molecule has 3 N–H and O–H groups in total. The molecule has 1 aromatic rings. The molecule has 1 atom stereocenters. The fourth-order valence-electron chi connectivity index (χ4n) is 1.19. The quantitative estimate of drug-likeness (QED) is 0.827. The SMILES string of the molecule is Cc1cc(F)ccc1CSC[C@H](N)C(=O)O. The van der Waals surface area contributed by atoms with Crippen LogP contribution < -0.4 is 5.73 Å². The lowest BCUT2D eigenvalue weighted by Crippen LogP contribution is -2.32. The number of carboxylic acid groups (broad SMARTS) is 1. The molecule has 1 aromatic carbocycles. The summed E-state index contributed by atoms with van der Waals surface area (Å²) >= 11 is 1.43. The van der Waals surface area contributed by atoms with E-state index in [-0.39, 0.29) is 5.82 Å². The van der Waals surface area contributed by atoms with Crippen LogP contribution in [0.5, 0.6) is 0 Å². The summed E-state index contributed by atoms with van der Waals surface area (Å²) < 4.78 is 12.8. The third-order valence-electron chi connectivity index (χ3n) is 2.18. The molecule has 0 aliphatic carbocycles. The molecule has 0 fully saturated rings. The van der Waals surface area contributed by atoms with Gasteiger partial charge in [-0.15, -0.1) is 0 Å². The number of benzene rings is 1. The summed E-state index contributed by atoms with van der Waals surface area (Å²) in [6, 6.07) is 3.74. The van der Waals surface area contributed by atoms with Crippen LogP contribution in [0.1, 0.15) is 11.1 Å². The van der Waals surface area contributed by atoms with Crippen LogP contribution in [0.25, 0.3) is 0 Å². The van der Waals surface area contributed by atoms with Crippen LogP contribution in [0.3, 0.4) is 0 Å². The van der Waals surface area contributed by atoms with E-state index in [0.29, 0.717) is 11.5 Å². The van der Waals surface area contributed by atoms with Crippen LogP contribution in [0.15, 0.2) is 18.2 Å². The molecule has 0 saturated heterocycles. The maximum Gasteiger partial charge on any atom is 0.321 e. The predicted octanol–water partition coefficient (Wildman–Crippen LogP) is 1.78. The zero-order valence-electron chi connectivity index (χ0n) is 8.94. The molecule has 0 aromatic heterocycles. The Morgan fingerprint density at radius 2 is 2.31 bits per heavy atom. The highest BCUT2D eigenvalue weighted by molar-refractivity contribution is 7.98. The maximum atomic E-state index is 12.8. The van der Waals surface area contributed by atoms with E-state index in [0.717, 1.165) is 11.1 Å². The maximum absolute atomic E-state index is 12.8. The first kappa shape index (κ1) is 13.0. The van der Waals surface area contributed by atoms with Crippen LogP contribution in [0.4, 0.5) is 4.39 Å². The van der Waals surface area contributed by atoms with Crippen molar-refractivity contribution in [2.75, 3.05) is 5.75 Å². The zero-order chi connectivity index (χ0) is 12.1. The number of thioether (sulfide) groups is 1. The molecule has 0 heterocycles. The summed E-state index contributed by atoms with van der Waals surface area (Å²) in [7, 11) is 0. The summed E-state index contributed by atoms with van der Waals surface area (Å²) in [6.45, 7) is 1.83.